The highest BCUT2D eigenvalue weighted by molar-refractivity contribution is 6.30. The number of amides is 1. The third kappa shape index (κ3) is 3.32. The number of aryl methyl sites for hydroxylation is 1. The summed E-state index contributed by atoms with van der Waals surface area (Å²) in [6, 6.07) is 12.3. The number of ketones is 1. The van der Waals surface area contributed by atoms with Crippen LogP contribution in [0.4, 0.5) is 5.69 Å². The maximum atomic E-state index is 12.9. The van der Waals surface area contributed by atoms with Gasteiger partial charge in [0.25, 0.3) is 5.91 Å². The number of nitrogens with zero attached hydrogens (tertiary/aromatic N) is 1. The number of carbonyl (C=O) groups excluding carboxylic acids is 2. The molecular formula is C20H20ClNO4. The predicted octanol–water partition coefficient (Wildman–Crippen LogP) is 3.24. The SMILES string of the molecule is CC(=O)C[C@]1(O)C(=O)N(CCOc2ccc(Cl)cc2)c2c(C)cccc21. The minimum Gasteiger partial charge on any atom is -0.492 e. The quantitative estimate of drug-likeness (QED) is 0.844. The van der Waals surface area contributed by atoms with Crippen molar-refractivity contribution in [1.82, 2.24) is 0 Å². The van der Waals surface area contributed by atoms with Crippen LogP contribution in [0.3, 0.4) is 0 Å². The summed E-state index contributed by atoms with van der Waals surface area (Å²) in [4.78, 5) is 26.0. The van der Waals surface area contributed by atoms with E-state index in [9.17, 15) is 14.7 Å². The van der Waals surface area contributed by atoms with Crippen LogP contribution in [0.15, 0.2) is 42.5 Å². The zero-order chi connectivity index (χ0) is 18.9. The van der Waals surface area contributed by atoms with E-state index in [1.165, 1.54) is 11.8 Å². The molecule has 0 saturated heterocycles. The number of aliphatic hydroxyl groups is 1. The molecule has 0 saturated carbocycles. The summed E-state index contributed by atoms with van der Waals surface area (Å²) in [7, 11) is 0. The maximum absolute atomic E-state index is 12.9. The Morgan fingerprint density at radius 2 is 1.92 bits per heavy atom. The molecule has 2 aromatic carbocycles. The van der Waals surface area contributed by atoms with Gasteiger partial charge in [0.2, 0.25) is 0 Å². The zero-order valence-electron chi connectivity index (χ0n) is 14.7. The van der Waals surface area contributed by atoms with Crippen molar-refractivity contribution < 1.29 is 19.4 Å². The topological polar surface area (TPSA) is 66.8 Å². The fraction of sp³-hybridized carbons (Fsp3) is 0.300. The molecule has 3 rings (SSSR count). The van der Waals surface area contributed by atoms with E-state index in [1.54, 1.807) is 36.4 Å². The molecule has 1 N–H and O–H groups in total. The molecule has 1 heterocycles. The van der Waals surface area contributed by atoms with Crippen LogP contribution in [0, 0.1) is 6.92 Å². The van der Waals surface area contributed by atoms with Crippen molar-refractivity contribution in [3.63, 3.8) is 0 Å². The number of hydrogen-bond acceptors (Lipinski definition) is 4. The minimum absolute atomic E-state index is 0.239. The van der Waals surface area contributed by atoms with Gasteiger partial charge in [0.15, 0.2) is 5.60 Å². The van der Waals surface area contributed by atoms with Crippen molar-refractivity contribution in [3.05, 3.63) is 58.6 Å². The molecule has 2 aromatic rings. The Kier molecular flexibility index (Phi) is 5.03. The second kappa shape index (κ2) is 7.09. The van der Waals surface area contributed by atoms with Crippen LogP contribution < -0.4 is 9.64 Å². The summed E-state index contributed by atoms with van der Waals surface area (Å²) >= 11 is 5.85. The van der Waals surface area contributed by atoms with Gasteiger partial charge >= 0.3 is 0 Å². The number of fused-ring (bicyclic) bond motifs is 1. The summed E-state index contributed by atoms with van der Waals surface area (Å²) in [6.07, 6.45) is -0.239. The van der Waals surface area contributed by atoms with Gasteiger partial charge in [0, 0.05) is 17.0 Å². The Balaban J connectivity index is 1.82. The molecule has 1 atom stereocenters. The molecule has 1 amide bonds. The van der Waals surface area contributed by atoms with Crippen molar-refractivity contribution in [2.75, 3.05) is 18.1 Å². The molecule has 0 bridgehead atoms. The van der Waals surface area contributed by atoms with Gasteiger partial charge in [0.05, 0.1) is 12.2 Å². The van der Waals surface area contributed by atoms with E-state index in [-0.39, 0.29) is 25.4 Å². The van der Waals surface area contributed by atoms with Gasteiger partial charge < -0.3 is 14.7 Å². The number of Topliss-reactive ketones (excluding diaryl/α,β-unsaturated/α-hetero) is 1. The highest BCUT2D eigenvalue weighted by atomic mass is 35.5. The van der Waals surface area contributed by atoms with Crippen LogP contribution >= 0.6 is 11.6 Å². The monoisotopic (exact) mass is 373 g/mol. The van der Waals surface area contributed by atoms with Crippen LogP contribution in [-0.4, -0.2) is 29.9 Å². The van der Waals surface area contributed by atoms with Crippen molar-refractivity contribution in [3.8, 4) is 5.75 Å². The molecule has 1 aliphatic rings. The molecule has 26 heavy (non-hydrogen) atoms. The largest absolute Gasteiger partial charge is 0.492 e. The molecule has 0 unspecified atom stereocenters. The van der Waals surface area contributed by atoms with Gasteiger partial charge in [0.1, 0.15) is 18.1 Å². The molecule has 0 spiro atoms. The Morgan fingerprint density at radius 3 is 2.58 bits per heavy atom. The van der Waals surface area contributed by atoms with E-state index in [4.69, 9.17) is 16.3 Å². The summed E-state index contributed by atoms with van der Waals surface area (Å²) in [6.45, 7) is 3.75. The van der Waals surface area contributed by atoms with Crippen LogP contribution in [0.1, 0.15) is 24.5 Å². The van der Waals surface area contributed by atoms with Gasteiger partial charge in [-0.1, -0.05) is 29.8 Å². The van der Waals surface area contributed by atoms with E-state index in [0.29, 0.717) is 22.0 Å². The number of ether oxygens (including phenoxy) is 1. The van der Waals surface area contributed by atoms with E-state index in [2.05, 4.69) is 0 Å². The summed E-state index contributed by atoms with van der Waals surface area (Å²) < 4.78 is 5.67. The first-order valence-electron chi connectivity index (χ1n) is 8.35. The lowest BCUT2D eigenvalue weighted by Gasteiger charge is -2.22. The van der Waals surface area contributed by atoms with Crippen molar-refractivity contribution in [2.45, 2.75) is 25.9 Å². The third-order valence-corrected chi connectivity index (χ3v) is 4.71. The lowest BCUT2D eigenvalue weighted by Crippen LogP contribution is -2.43. The lowest BCUT2D eigenvalue weighted by atomic mass is 9.89. The normalized spacial score (nSPS) is 18.8. The van der Waals surface area contributed by atoms with Crippen molar-refractivity contribution >= 4 is 29.0 Å². The summed E-state index contributed by atoms with van der Waals surface area (Å²) in [5.41, 5.74) is 0.181. The van der Waals surface area contributed by atoms with Crippen LogP contribution in [0.25, 0.3) is 0 Å². The highest BCUT2D eigenvalue weighted by Crippen LogP contribution is 2.44. The Hall–Kier alpha value is -2.37. The number of rotatable bonds is 6. The van der Waals surface area contributed by atoms with Crippen LogP contribution in [0.2, 0.25) is 5.02 Å². The molecule has 0 radical (unpaired) electrons. The summed E-state index contributed by atoms with van der Waals surface area (Å²) in [5, 5.41) is 11.6. The molecule has 0 aliphatic carbocycles. The molecule has 136 valence electrons. The van der Waals surface area contributed by atoms with Gasteiger partial charge in [-0.3, -0.25) is 9.59 Å². The molecule has 1 aliphatic heterocycles. The molecule has 0 aromatic heterocycles. The molecular weight excluding hydrogens is 354 g/mol. The smallest absolute Gasteiger partial charge is 0.264 e. The lowest BCUT2D eigenvalue weighted by molar-refractivity contribution is -0.141. The third-order valence-electron chi connectivity index (χ3n) is 4.45. The van der Waals surface area contributed by atoms with E-state index >= 15 is 0 Å². The van der Waals surface area contributed by atoms with Gasteiger partial charge in [-0.25, -0.2) is 0 Å². The van der Waals surface area contributed by atoms with E-state index in [0.717, 1.165) is 5.56 Å². The number of hydrogen-bond donors (Lipinski definition) is 1. The molecule has 5 nitrogen and oxygen atoms in total. The second-order valence-electron chi connectivity index (χ2n) is 6.47. The Labute approximate surface area is 157 Å². The second-order valence-corrected chi connectivity index (χ2v) is 6.91. The zero-order valence-corrected chi connectivity index (χ0v) is 15.4. The Bertz CT molecular complexity index is 849. The van der Waals surface area contributed by atoms with Crippen LogP contribution in [-0.2, 0) is 15.2 Å². The molecule has 0 fully saturated rings. The fourth-order valence-corrected chi connectivity index (χ4v) is 3.45. The van der Waals surface area contributed by atoms with Crippen molar-refractivity contribution in [2.24, 2.45) is 0 Å². The number of anilines is 1. The summed E-state index contributed by atoms with van der Waals surface area (Å²) in [5.74, 6) is -0.0886. The first-order valence-corrected chi connectivity index (χ1v) is 8.73. The van der Waals surface area contributed by atoms with Gasteiger partial charge in [-0.05, 0) is 43.7 Å². The number of benzene rings is 2. The minimum atomic E-state index is -1.81. The number of carbonyl (C=O) groups is 2. The predicted molar refractivity (Wildman–Crippen MR) is 99.7 cm³/mol. The van der Waals surface area contributed by atoms with Crippen LogP contribution in [0.5, 0.6) is 5.75 Å². The standard InChI is InChI=1S/C20H20ClNO4/c1-13-4-3-5-17-18(13)22(19(24)20(17,25)12-14(2)23)10-11-26-16-8-6-15(21)7-9-16/h3-9,25H,10-12H2,1-2H3/t20-/m1/s1. The average molecular weight is 374 g/mol. The number of para-hydroxylation sites is 1. The highest BCUT2D eigenvalue weighted by Gasteiger charge is 2.50. The van der Waals surface area contributed by atoms with Crippen molar-refractivity contribution in [1.29, 1.82) is 0 Å². The fourth-order valence-electron chi connectivity index (χ4n) is 3.32. The average Bonchev–Trinajstić information content (AvgIpc) is 2.79. The first-order chi connectivity index (χ1) is 12.3. The molecule has 6 heteroatoms. The van der Waals surface area contributed by atoms with E-state index in [1.807, 2.05) is 13.0 Å². The van der Waals surface area contributed by atoms with Gasteiger partial charge in [-0.15, -0.1) is 0 Å². The Morgan fingerprint density at radius 1 is 1.23 bits per heavy atom. The first kappa shape index (κ1) is 18.4. The van der Waals surface area contributed by atoms with Gasteiger partial charge in [-0.2, -0.15) is 0 Å². The van der Waals surface area contributed by atoms with E-state index < -0.39 is 11.5 Å². The maximum Gasteiger partial charge on any atom is 0.264 e. The number of halogens is 1.